The molecule has 0 unspecified atom stereocenters. The minimum Gasteiger partial charge on any atom is -0.479 e. The molecule has 0 aromatic rings. The molecular formula is C9H20O3Si. The van der Waals surface area contributed by atoms with Gasteiger partial charge in [0.25, 0.3) is 0 Å². The molecule has 4 heteroatoms. The third kappa shape index (κ3) is 3.48. The van der Waals surface area contributed by atoms with Crippen molar-refractivity contribution in [1.29, 1.82) is 0 Å². The van der Waals surface area contributed by atoms with Crippen molar-refractivity contribution < 1.29 is 14.3 Å². The minimum absolute atomic E-state index is 0.0662. The Bertz CT molecular complexity index is 194. The first-order chi connectivity index (χ1) is 5.58. The summed E-state index contributed by atoms with van der Waals surface area (Å²) in [6.45, 7) is 12.0. The van der Waals surface area contributed by atoms with Gasteiger partial charge in [-0.3, -0.25) is 0 Å². The summed E-state index contributed by atoms with van der Waals surface area (Å²) in [4.78, 5) is 10.6. The van der Waals surface area contributed by atoms with E-state index in [0.717, 1.165) is 0 Å². The standard InChI is InChI=1S/C9H20O3Si/c1-7(8(10)11)12-13(5,6)9(2,3)4/h7H,1-6H3,(H,10,11)/t7-/m0/s1. The van der Waals surface area contributed by atoms with Crippen molar-refractivity contribution in [3.05, 3.63) is 0 Å². The molecule has 0 saturated heterocycles. The second-order valence-corrected chi connectivity index (χ2v) is 9.61. The maximum atomic E-state index is 10.6. The third-order valence-corrected chi connectivity index (χ3v) is 7.18. The molecule has 0 heterocycles. The van der Waals surface area contributed by atoms with Gasteiger partial charge < -0.3 is 9.53 Å². The van der Waals surface area contributed by atoms with E-state index in [0.29, 0.717) is 0 Å². The van der Waals surface area contributed by atoms with Crippen molar-refractivity contribution >= 4 is 14.3 Å². The van der Waals surface area contributed by atoms with Crippen LogP contribution >= 0.6 is 0 Å². The molecule has 13 heavy (non-hydrogen) atoms. The van der Waals surface area contributed by atoms with E-state index in [2.05, 4.69) is 20.8 Å². The molecule has 0 aromatic carbocycles. The fraction of sp³-hybridized carbons (Fsp3) is 0.889. The van der Waals surface area contributed by atoms with E-state index in [4.69, 9.17) is 9.53 Å². The van der Waals surface area contributed by atoms with Crippen LogP contribution < -0.4 is 0 Å². The Hall–Kier alpha value is -0.353. The lowest BCUT2D eigenvalue weighted by Crippen LogP contribution is -2.45. The molecule has 0 aliphatic rings. The summed E-state index contributed by atoms with van der Waals surface area (Å²) in [7, 11) is -1.91. The average Bonchev–Trinajstić information content (AvgIpc) is 1.83. The van der Waals surface area contributed by atoms with Gasteiger partial charge in [-0.05, 0) is 25.1 Å². The summed E-state index contributed by atoms with van der Waals surface area (Å²) in [5, 5.41) is 8.77. The second kappa shape index (κ2) is 3.80. The fourth-order valence-electron chi connectivity index (χ4n) is 0.669. The molecule has 0 rings (SSSR count). The van der Waals surface area contributed by atoms with Crippen LogP contribution in [0.25, 0.3) is 0 Å². The molecular weight excluding hydrogens is 184 g/mol. The number of hydrogen-bond acceptors (Lipinski definition) is 2. The van der Waals surface area contributed by atoms with Gasteiger partial charge in [0, 0.05) is 0 Å². The zero-order chi connectivity index (χ0) is 10.9. The second-order valence-electron chi connectivity index (χ2n) is 4.86. The fourth-order valence-corrected chi connectivity index (χ4v) is 2.01. The van der Waals surface area contributed by atoms with Crippen LogP contribution in [0.2, 0.25) is 18.1 Å². The molecule has 0 spiro atoms. The van der Waals surface area contributed by atoms with Crippen LogP contribution in [0.1, 0.15) is 27.7 Å². The molecule has 0 aliphatic carbocycles. The van der Waals surface area contributed by atoms with Gasteiger partial charge in [-0.15, -0.1) is 0 Å². The number of aliphatic carboxylic acids is 1. The van der Waals surface area contributed by atoms with E-state index in [-0.39, 0.29) is 5.04 Å². The van der Waals surface area contributed by atoms with Gasteiger partial charge in [-0.2, -0.15) is 0 Å². The van der Waals surface area contributed by atoms with E-state index in [1.165, 1.54) is 0 Å². The minimum atomic E-state index is -1.91. The summed E-state index contributed by atoms with van der Waals surface area (Å²) in [5.41, 5.74) is 0. The van der Waals surface area contributed by atoms with Crippen molar-refractivity contribution in [1.82, 2.24) is 0 Å². The number of carboxylic acids is 1. The molecule has 3 nitrogen and oxygen atoms in total. The Morgan fingerprint density at radius 1 is 1.38 bits per heavy atom. The lowest BCUT2D eigenvalue weighted by molar-refractivity contribution is -0.144. The topological polar surface area (TPSA) is 46.5 Å². The van der Waals surface area contributed by atoms with Gasteiger partial charge in [0.1, 0.15) is 6.10 Å². The van der Waals surface area contributed by atoms with Crippen molar-refractivity contribution in [3.63, 3.8) is 0 Å². The Labute approximate surface area is 81.2 Å². The van der Waals surface area contributed by atoms with Crippen LogP contribution in [-0.2, 0) is 9.22 Å². The first-order valence-corrected chi connectivity index (χ1v) is 7.39. The largest absolute Gasteiger partial charge is 0.479 e. The van der Waals surface area contributed by atoms with E-state index in [1.807, 2.05) is 13.1 Å². The van der Waals surface area contributed by atoms with Gasteiger partial charge in [0.05, 0.1) is 0 Å². The summed E-state index contributed by atoms with van der Waals surface area (Å²) < 4.78 is 5.60. The van der Waals surface area contributed by atoms with Crippen LogP contribution in [0.5, 0.6) is 0 Å². The van der Waals surface area contributed by atoms with E-state index >= 15 is 0 Å². The van der Waals surface area contributed by atoms with Crippen LogP contribution in [0.15, 0.2) is 0 Å². The Balaban J connectivity index is 4.43. The highest BCUT2D eigenvalue weighted by Crippen LogP contribution is 2.37. The quantitative estimate of drug-likeness (QED) is 0.718. The monoisotopic (exact) mass is 204 g/mol. The zero-order valence-corrected chi connectivity index (χ0v) is 10.3. The average molecular weight is 204 g/mol. The lowest BCUT2D eigenvalue weighted by Gasteiger charge is -2.37. The molecule has 0 fully saturated rings. The first kappa shape index (κ1) is 12.6. The van der Waals surface area contributed by atoms with Gasteiger partial charge in [-0.1, -0.05) is 20.8 Å². The van der Waals surface area contributed by atoms with E-state index in [1.54, 1.807) is 6.92 Å². The Kier molecular flexibility index (Phi) is 3.69. The summed E-state index contributed by atoms with van der Waals surface area (Å²) in [5.74, 6) is -0.884. The Morgan fingerprint density at radius 3 is 2.00 bits per heavy atom. The van der Waals surface area contributed by atoms with Crippen LogP contribution in [-0.4, -0.2) is 25.5 Å². The van der Waals surface area contributed by atoms with Gasteiger partial charge in [0.2, 0.25) is 0 Å². The predicted molar refractivity (Wildman–Crippen MR) is 55.4 cm³/mol. The SMILES string of the molecule is C[C@H](O[Si](C)(C)C(C)(C)C)C(=O)O. The molecule has 78 valence electrons. The maximum Gasteiger partial charge on any atom is 0.331 e. The van der Waals surface area contributed by atoms with Crippen LogP contribution in [0.3, 0.4) is 0 Å². The first-order valence-electron chi connectivity index (χ1n) is 4.48. The molecule has 0 aliphatic heterocycles. The smallest absolute Gasteiger partial charge is 0.331 e. The van der Waals surface area contributed by atoms with E-state index < -0.39 is 20.4 Å². The highest BCUT2D eigenvalue weighted by atomic mass is 28.4. The summed E-state index contributed by atoms with van der Waals surface area (Å²) in [6, 6.07) is 0. The lowest BCUT2D eigenvalue weighted by atomic mass is 10.2. The molecule has 0 saturated carbocycles. The number of rotatable bonds is 3. The third-order valence-electron chi connectivity index (χ3n) is 2.63. The number of carbonyl (C=O) groups is 1. The molecule has 0 bridgehead atoms. The molecule has 1 N–H and O–H groups in total. The van der Waals surface area contributed by atoms with Crippen molar-refractivity contribution in [2.24, 2.45) is 0 Å². The van der Waals surface area contributed by atoms with Crippen molar-refractivity contribution in [3.8, 4) is 0 Å². The number of hydrogen-bond donors (Lipinski definition) is 1. The van der Waals surface area contributed by atoms with Gasteiger partial charge in [-0.25, -0.2) is 4.79 Å². The zero-order valence-electron chi connectivity index (χ0n) is 9.34. The van der Waals surface area contributed by atoms with E-state index in [9.17, 15) is 4.79 Å². The van der Waals surface area contributed by atoms with Crippen LogP contribution in [0, 0.1) is 0 Å². The van der Waals surface area contributed by atoms with Gasteiger partial charge in [0.15, 0.2) is 8.32 Å². The summed E-state index contributed by atoms with van der Waals surface area (Å²) in [6.07, 6.45) is -0.694. The Morgan fingerprint density at radius 2 is 1.77 bits per heavy atom. The number of carboxylic acid groups (broad SMARTS) is 1. The maximum absolute atomic E-state index is 10.6. The molecule has 0 amide bonds. The van der Waals surface area contributed by atoms with Crippen molar-refractivity contribution in [2.45, 2.75) is 51.9 Å². The highest BCUT2D eigenvalue weighted by molar-refractivity contribution is 6.74. The highest BCUT2D eigenvalue weighted by Gasteiger charge is 2.39. The predicted octanol–water partition coefficient (Wildman–Crippen LogP) is 2.48. The molecule has 1 atom stereocenters. The van der Waals surface area contributed by atoms with Crippen LogP contribution in [0.4, 0.5) is 0 Å². The molecule has 0 radical (unpaired) electrons. The van der Waals surface area contributed by atoms with Crippen molar-refractivity contribution in [2.75, 3.05) is 0 Å². The normalized spacial score (nSPS) is 15.5. The van der Waals surface area contributed by atoms with Gasteiger partial charge >= 0.3 is 5.97 Å². The summed E-state index contributed by atoms with van der Waals surface area (Å²) >= 11 is 0. The molecule has 0 aromatic heterocycles.